The number of fused-ring (bicyclic) bond motifs is 1. The molecule has 2 aromatic heterocycles. The molecule has 0 aliphatic rings. The molecule has 3 aromatic rings. The average Bonchev–Trinajstić information content (AvgIpc) is 2.74. The van der Waals surface area contributed by atoms with Gasteiger partial charge in [0.1, 0.15) is 0 Å². The standard InChI is InChI=1S/C15H13ClN2O2S/c1-10-3-5-14(6-4-10)21(19,20)18-11(2)7-12-8-13(16)9-17-15(12)18/h3-9H,1-2H3. The summed E-state index contributed by atoms with van der Waals surface area (Å²) in [6, 6.07) is 10.2. The van der Waals surface area contributed by atoms with Crippen molar-refractivity contribution in [1.29, 1.82) is 0 Å². The van der Waals surface area contributed by atoms with E-state index in [-0.39, 0.29) is 4.90 Å². The summed E-state index contributed by atoms with van der Waals surface area (Å²) in [7, 11) is -3.67. The number of aromatic nitrogens is 2. The van der Waals surface area contributed by atoms with E-state index in [1.165, 1.54) is 10.2 Å². The zero-order chi connectivity index (χ0) is 15.2. The number of aryl methyl sites for hydroxylation is 2. The zero-order valence-electron chi connectivity index (χ0n) is 11.5. The first-order chi connectivity index (χ1) is 9.89. The Balaban J connectivity index is 2.28. The molecule has 6 heteroatoms. The molecule has 4 nitrogen and oxygen atoms in total. The zero-order valence-corrected chi connectivity index (χ0v) is 13.1. The van der Waals surface area contributed by atoms with E-state index < -0.39 is 10.0 Å². The second-order valence-electron chi connectivity index (χ2n) is 4.93. The van der Waals surface area contributed by atoms with Gasteiger partial charge in [0.25, 0.3) is 10.0 Å². The largest absolute Gasteiger partial charge is 0.269 e. The molecule has 0 radical (unpaired) electrons. The Morgan fingerprint density at radius 3 is 2.43 bits per heavy atom. The normalized spacial score (nSPS) is 12.0. The smallest absolute Gasteiger partial charge is 0.236 e. The van der Waals surface area contributed by atoms with E-state index in [0.717, 1.165) is 5.56 Å². The number of hydrogen-bond acceptors (Lipinski definition) is 3. The van der Waals surface area contributed by atoms with Gasteiger partial charge in [-0.3, -0.25) is 0 Å². The Morgan fingerprint density at radius 1 is 1.10 bits per heavy atom. The summed E-state index contributed by atoms with van der Waals surface area (Å²) in [6.45, 7) is 3.65. The maximum Gasteiger partial charge on any atom is 0.269 e. The molecule has 0 spiro atoms. The molecule has 0 bridgehead atoms. The van der Waals surface area contributed by atoms with Crippen molar-refractivity contribution in [2.75, 3.05) is 0 Å². The van der Waals surface area contributed by atoms with Gasteiger partial charge in [0, 0.05) is 17.3 Å². The quantitative estimate of drug-likeness (QED) is 0.725. The summed E-state index contributed by atoms with van der Waals surface area (Å²) in [4.78, 5) is 4.40. The number of pyridine rings is 1. The molecule has 0 amide bonds. The third-order valence-electron chi connectivity index (χ3n) is 3.30. The molecule has 3 rings (SSSR count). The van der Waals surface area contributed by atoms with Crippen LogP contribution in [0, 0.1) is 13.8 Å². The maximum absolute atomic E-state index is 12.8. The number of halogens is 1. The molecule has 0 aliphatic heterocycles. The second kappa shape index (κ2) is 4.86. The fourth-order valence-corrected chi connectivity index (χ4v) is 3.96. The average molecular weight is 321 g/mol. The Hall–Kier alpha value is -1.85. The molecule has 108 valence electrons. The van der Waals surface area contributed by atoms with Crippen LogP contribution < -0.4 is 0 Å². The van der Waals surface area contributed by atoms with Crippen LogP contribution in [-0.4, -0.2) is 17.4 Å². The molecule has 1 aromatic carbocycles. The van der Waals surface area contributed by atoms with Gasteiger partial charge in [0.15, 0.2) is 5.65 Å². The molecule has 0 aliphatic carbocycles. The summed E-state index contributed by atoms with van der Waals surface area (Å²) in [6.07, 6.45) is 1.45. The molecular formula is C15H13ClN2O2S. The van der Waals surface area contributed by atoms with Gasteiger partial charge in [0.2, 0.25) is 0 Å². The Kier molecular flexibility index (Phi) is 3.26. The van der Waals surface area contributed by atoms with E-state index in [0.29, 0.717) is 21.7 Å². The highest BCUT2D eigenvalue weighted by Gasteiger charge is 2.22. The Morgan fingerprint density at radius 2 is 1.76 bits per heavy atom. The lowest BCUT2D eigenvalue weighted by Crippen LogP contribution is -2.14. The van der Waals surface area contributed by atoms with Crippen LogP contribution in [0.25, 0.3) is 11.0 Å². The number of benzene rings is 1. The van der Waals surface area contributed by atoms with Crippen molar-refractivity contribution in [1.82, 2.24) is 8.96 Å². The highest BCUT2D eigenvalue weighted by Crippen LogP contribution is 2.25. The highest BCUT2D eigenvalue weighted by molar-refractivity contribution is 7.90. The summed E-state index contributed by atoms with van der Waals surface area (Å²) in [5, 5.41) is 1.18. The van der Waals surface area contributed by atoms with Crippen molar-refractivity contribution in [2.45, 2.75) is 18.7 Å². The summed E-state index contributed by atoms with van der Waals surface area (Å²) >= 11 is 5.91. The van der Waals surface area contributed by atoms with Gasteiger partial charge in [-0.2, -0.15) is 0 Å². The molecular weight excluding hydrogens is 308 g/mol. The van der Waals surface area contributed by atoms with Gasteiger partial charge in [-0.05, 0) is 38.1 Å². The minimum atomic E-state index is -3.67. The third kappa shape index (κ3) is 2.32. The topological polar surface area (TPSA) is 52.0 Å². The van der Waals surface area contributed by atoms with Gasteiger partial charge in [-0.15, -0.1) is 0 Å². The van der Waals surface area contributed by atoms with Crippen molar-refractivity contribution >= 4 is 32.7 Å². The predicted octanol–water partition coefficient (Wildman–Crippen LogP) is 3.54. The molecule has 0 saturated carbocycles. The van der Waals surface area contributed by atoms with Crippen LogP contribution in [0.15, 0.2) is 47.5 Å². The fourth-order valence-electron chi connectivity index (χ4n) is 2.29. The Bertz CT molecular complexity index is 928. The van der Waals surface area contributed by atoms with Crippen LogP contribution in [0.1, 0.15) is 11.3 Å². The number of nitrogens with zero attached hydrogens (tertiary/aromatic N) is 2. The van der Waals surface area contributed by atoms with Crippen molar-refractivity contribution in [2.24, 2.45) is 0 Å². The lowest BCUT2D eigenvalue weighted by molar-refractivity contribution is 0.587. The monoisotopic (exact) mass is 320 g/mol. The lowest BCUT2D eigenvalue weighted by atomic mass is 10.2. The van der Waals surface area contributed by atoms with Crippen molar-refractivity contribution in [3.05, 3.63) is 58.9 Å². The van der Waals surface area contributed by atoms with Crippen molar-refractivity contribution < 1.29 is 8.42 Å². The molecule has 0 fully saturated rings. The van der Waals surface area contributed by atoms with Crippen molar-refractivity contribution in [3.8, 4) is 0 Å². The fraction of sp³-hybridized carbons (Fsp3) is 0.133. The minimum Gasteiger partial charge on any atom is -0.236 e. The van der Waals surface area contributed by atoms with Gasteiger partial charge in [0.05, 0.1) is 9.92 Å². The highest BCUT2D eigenvalue weighted by atomic mass is 35.5. The minimum absolute atomic E-state index is 0.241. The second-order valence-corrected chi connectivity index (χ2v) is 7.16. The summed E-state index contributed by atoms with van der Waals surface area (Å²) < 4.78 is 26.9. The van der Waals surface area contributed by atoms with Crippen LogP contribution in [-0.2, 0) is 10.0 Å². The molecule has 2 heterocycles. The van der Waals surface area contributed by atoms with E-state index >= 15 is 0 Å². The molecule has 0 N–H and O–H groups in total. The first-order valence-electron chi connectivity index (χ1n) is 6.35. The lowest BCUT2D eigenvalue weighted by Gasteiger charge is -2.09. The molecule has 0 unspecified atom stereocenters. The number of rotatable bonds is 2. The Labute approximate surface area is 128 Å². The first-order valence-corrected chi connectivity index (χ1v) is 8.17. The van der Waals surface area contributed by atoms with Crippen LogP contribution in [0.3, 0.4) is 0 Å². The molecule has 0 saturated heterocycles. The van der Waals surface area contributed by atoms with Gasteiger partial charge < -0.3 is 0 Å². The van der Waals surface area contributed by atoms with E-state index in [4.69, 9.17) is 11.6 Å². The molecule has 21 heavy (non-hydrogen) atoms. The van der Waals surface area contributed by atoms with Crippen LogP contribution >= 0.6 is 11.6 Å². The SMILES string of the molecule is Cc1ccc(S(=O)(=O)n2c(C)cc3cc(Cl)cnc32)cc1. The van der Waals surface area contributed by atoms with Gasteiger partial charge >= 0.3 is 0 Å². The number of hydrogen-bond donors (Lipinski definition) is 0. The van der Waals surface area contributed by atoms with E-state index in [1.54, 1.807) is 43.3 Å². The molecule has 0 atom stereocenters. The van der Waals surface area contributed by atoms with E-state index in [2.05, 4.69) is 4.98 Å². The van der Waals surface area contributed by atoms with E-state index in [1.807, 2.05) is 6.92 Å². The summed E-state index contributed by atoms with van der Waals surface area (Å²) in [5.74, 6) is 0. The summed E-state index contributed by atoms with van der Waals surface area (Å²) in [5.41, 5.74) is 1.99. The van der Waals surface area contributed by atoms with Crippen molar-refractivity contribution in [3.63, 3.8) is 0 Å². The van der Waals surface area contributed by atoms with Gasteiger partial charge in [-0.25, -0.2) is 17.4 Å². The first kappa shape index (κ1) is 14.1. The van der Waals surface area contributed by atoms with Gasteiger partial charge in [-0.1, -0.05) is 29.3 Å². The van der Waals surface area contributed by atoms with Crippen LogP contribution in [0.2, 0.25) is 5.02 Å². The van der Waals surface area contributed by atoms with E-state index in [9.17, 15) is 8.42 Å². The van der Waals surface area contributed by atoms with Crippen LogP contribution in [0.5, 0.6) is 0 Å². The third-order valence-corrected chi connectivity index (χ3v) is 5.31. The maximum atomic E-state index is 12.8. The predicted molar refractivity (Wildman–Crippen MR) is 83.2 cm³/mol. The van der Waals surface area contributed by atoms with Crippen LogP contribution in [0.4, 0.5) is 0 Å².